The Kier molecular flexibility index (Phi) is 2.78. The van der Waals surface area contributed by atoms with E-state index in [1.807, 2.05) is 4.57 Å². The van der Waals surface area contributed by atoms with Crippen molar-refractivity contribution in [2.75, 3.05) is 0 Å². The molecule has 1 saturated carbocycles. The summed E-state index contributed by atoms with van der Waals surface area (Å²) in [6.07, 6.45) is 3.07. The molecular formula is C14H16F2N2S. The molecule has 2 nitrogen and oxygen atoms in total. The summed E-state index contributed by atoms with van der Waals surface area (Å²) in [6.45, 7) is 4.43. The van der Waals surface area contributed by atoms with Crippen molar-refractivity contribution in [1.82, 2.24) is 9.55 Å². The number of aromatic amines is 1. The maximum Gasteiger partial charge on any atom is 0.178 e. The van der Waals surface area contributed by atoms with E-state index in [2.05, 4.69) is 18.8 Å². The van der Waals surface area contributed by atoms with Gasteiger partial charge in [0.25, 0.3) is 0 Å². The van der Waals surface area contributed by atoms with Gasteiger partial charge in [-0.1, -0.05) is 13.8 Å². The normalized spacial score (nSPS) is 22.2. The van der Waals surface area contributed by atoms with Crippen LogP contribution in [0.4, 0.5) is 8.78 Å². The molecule has 2 aromatic rings. The van der Waals surface area contributed by atoms with Gasteiger partial charge in [0, 0.05) is 12.1 Å². The number of halogens is 2. The van der Waals surface area contributed by atoms with Crippen LogP contribution in [0.2, 0.25) is 0 Å². The molecule has 1 unspecified atom stereocenters. The third kappa shape index (κ3) is 2.10. The number of fused-ring (bicyclic) bond motifs is 1. The first-order valence-electron chi connectivity index (χ1n) is 6.47. The van der Waals surface area contributed by atoms with Crippen LogP contribution in [0, 0.1) is 21.8 Å². The standard InChI is InChI=1S/C14H16F2N2S/c1-14(2)4-3-9(7-14)18-11-6-8(15)5-10(16)12(11)17-13(18)19/h5-6,9H,3-4,7H2,1-2H3,(H,17,19). The van der Waals surface area contributed by atoms with Gasteiger partial charge in [0.15, 0.2) is 10.6 Å². The fourth-order valence-corrected chi connectivity index (χ4v) is 3.48. The molecule has 0 aliphatic heterocycles. The Balaban J connectivity index is 2.19. The van der Waals surface area contributed by atoms with Crippen LogP contribution in [0.1, 0.15) is 39.2 Å². The van der Waals surface area contributed by atoms with Gasteiger partial charge in [0.1, 0.15) is 11.3 Å². The number of nitrogens with zero attached hydrogens (tertiary/aromatic N) is 1. The zero-order valence-electron chi connectivity index (χ0n) is 11.0. The van der Waals surface area contributed by atoms with Gasteiger partial charge in [0.2, 0.25) is 0 Å². The Hall–Kier alpha value is -1.23. The van der Waals surface area contributed by atoms with Gasteiger partial charge >= 0.3 is 0 Å². The molecule has 1 aliphatic carbocycles. The second-order valence-corrected chi connectivity index (χ2v) is 6.53. The molecule has 102 valence electrons. The molecule has 1 heterocycles. The predicted molar refractivity (Wildman–Crippen MR) is 73.7 cm³/mol. The van der Waals surface area contributed by atoms with Gasteiger partial charge in [-0.15, -0.1) is 0 Å². The number of hydrogen-bond acceptors (Lipinski definition) is 1. The number of benzene rings is 1. The van der Waals surface area contributed by atoms with Crippen molar-refractivity contribution in [3.05, 3.63) is 28.5 Å². The summed E-state index contributed by atoms with van der Waals surface area (Å²) < 4.78 is 29.5. The number of aromatic nitrogens is 2. The van der Waals surface area contributed by atoms with E-state index in [4.69, 9.17) is 12.2 Å². The Morgan fingerprint density at radius 2 is 2.11 bits per heavy atom. The molecule has 1 fully saturated rings. The summed E-state index contributed by atoms with van der Waals surface area (Å²) in [4.78, 5) is 2.86. The monoisotopic (exact) mass is 282 g/mol. The lowest BCUT2D eigenvalue weighted by Gasteiger charge is -2.18. The summed E-state index contributed by atoms with van der Waals surface area (Å²) in [7, 11) is 0. The summed E-state index contributed by atoms with van der Waals surface area (Å²) in [6, 6.07) is 2.46. The Bertz CT molecular complexity index is 699. The third-order valence-corrected chi connectivity index (χ3v) is 4.35. The average molecular weight is 282 g/mol. The topological polar surface area (TPSA) is 20.7 Å². The maximum absolute atomic E-state index is 13.7. The highest BCUT2D eigenvalue weighted by molar-refractivity contribution is 7.71. The third-order valence-electron chi connectivity index (χ3n) is 4.05. The van der Waals surface area contributed by atoms with E-state index in [9.17, 15) is 8.78 Å². The van der Waals surface area contributed by atoms with Crippen LogP contribution in [-0.4, -0.2) is 9.55 Å². The Morgan fingerprint density at radius 1 is 1.37 bits per heavy atom. The molecule has 0 spiro atoms. The van der Waals surface area contributed by atoms with E-state index >= 15 is 0 Å². The molecule has 0 radical (unpaired) electrons. The number of nitrogens with one attached hydrogen (secondary N) is 1. The highest BCUT2D eigenvalue weighted by Gasteiger charge is 2.33. The van der Waals surface area contributed by atoms with Crippen molar-refractivity contribution in [2.45, 2.75) is 39.2 Å². The molecule has 0 amide bonds. The molecule has 1 atom stereocenters. The number of H-pyrrole nitrogens is 1. The van der Waals surface area contributed by atoms with Gasteiger partial charge in [-0.2, -0.15) is 0 Å². The van der Waals surface area contributed by atoms with E-state index in [0.29, 0.717) is 15.8 Å². The summed E-state index contributed by atoms with van der Waals surface area (Å²) >= 11 is 5.29. The molecule has 1 aromatic heterocycles. The van der Waals surface area contributed by atoms with Gasteiger partial charge < -0.3 is 9.55 Å². The molecule has 0 saturated heterocycles. The minimum absolute atomic E-state index is 0.220. The average Bonchev–Trinajstić information content (AvgIpc) is 2.78. The van der Waals surface area contributed by atoms with Crippen LogP contribution >= 0.6 is 12.2 Å². The van der Waals surface area contributed by atoms with Crippen LogP contribution < -0.4 is 0 Å². The van der Waals surface area contributed by atoms with E-state index in [0.717, 1.165) is 25.3 Å². The molecule has 3 rings (SSSR count). The first kappa shape index (κ1) is 12.8. The van der Waals surface area contributed by atoms with Crippen LogP contribution in [0.15, 0.2) is 12.1 Å². The smallest absolute Gasteiger partial charge is 0.178 e. The second-order valence-electron chi connectivity index (χ2n) is 6.14. The van der Waals surface area contributed by atoms with E-state index < -0.39 is 11.6 Å². The maximum atomic E-state index is 13.7. The van der Waals surface area contributed by atoms with Crippen molar-refractivity contribution in [1.29, 1.82) is 0 Å². The van der Waals surface area contributed by atoms with Crippen molar-refractivity contribution in [2.24, 2.45) is 5.41 Å². The van der Waals surface area contributed by atoms with Gasteiger partial charge in [-0.25, -0.2) is 8.78 Å². The lowest BCUT2D eigenvalue weighted by atomic mass is 9.92. The van der Waals surface area contributed by atoms with Crippen LogP contribution in [-0.2, 0) is 0 Å². The van der Waals surface area contributed by atoms with Gasteiger partial charge in [0.05, 0.1) is 5.52 Å². The SMILES string of the molecule is CC1(C)CCC(n2c(=S)[nH]c3c(F)cc(F)cc32)C1. The molecule has 1 aliphatic rings. The first-order chi connectivity index (χ1) is 8.87. The van der Waals surface area contributed by atoms with Gasteiger partial charge in [-0.05, 0) is 43.0 Å². The van der Waals surface area contributed by atoms with Crippen LogP contribution in [0.25, 0.3) is 11.0 Å². The number of imidazole rings is 1. The predicted octanol–water partition coefficient (Wildman–Crippen LogP) is 4.73. The minimum atomic E-state index is -0.586. The zero-order chi connectivity index (χ0) is 13.8. The first-order valence-corrected chi connectivity index (χ1v) is 6.87. The highest BCUT2D eigenvalue weighted by Crippen LogP contribution is 2.44. The van der Waals surface area contributed by atoms with E-state index in [-0.39, 0.29) is 11.5 Å². The lowest BCUT2D eigenvalue weighted by Crippen LogP contribution is -2.09. The summed E-state index contributed by atoms with van der Waals surface area (Å²) in [5, 5.41) is 0. The largest absolute Gasteiger partial charge is 0.328 e. The second kappa shape index (κ2) is 4.13. The van der Waals surface area contributed by atoms with E-state index in [1.165, 1.54) is 6.07 Å². The van der Waals surface area contributed by atoms with Crippen molar-refractivity contribution in [3.8, 4) is 0 Å². The fraction of sp³-hybridized carbons (Fsp3) is 0.500. The molecule has 5 heteroatoms. The van der Waals surface area contributed by atoms with Crippen molar-refractivity contribution >= 4 is 23.3 Å². The molecular weight excluding hydrogens is 266 g/mol. The van der Waals surface area contributed by atoms with Crippen molar-refractivity contribution < 1.29 is 8.78 Å². The van der Waals surface area contributed by atoms with E-state index in [1.54, 1.807) is 0 Å². The quantitative estimate of drug-likeness (QED) is 0.750. The minimum Gasteiger partial charge on any atom is -0.328 e. The van der Waals surface area contributed by atoms with Crippen LogP contribution in [0.5, 0.6) is 0 Å². The molecule has 1 aromatic carbocycles. The molecule has 1 N–H and O–H groups in total. The highest BCUT2D eigenvalue weighted by atomic mass is 32.1. The van der Waals surface area contributed by atoms with Gasteiger partial charge in [-0.3, -0.25) is 0 Å². The summed E-state index contributed by atoms with van der Waals surface area (Å²) in [5.41, 5.74) is 1.09. The zero-order valence-corrected chi connectivity index (χ0v) is 11.8. The number of hydrogen-bond donors (Lipinski definition) is 1. The van der Waals surface area contributed by atoms with Crippen LogP contribution in [0.3, 0.4) is 0 Å². The Morgan fingerprint density at radius 3 is 2.74 bits per heavy atom. The summed E-state index contributed by atoms with van der Waals surface area (Å²) in [5.74, 6) is -1.15. The molecule has 19 heavy (non-hydrogen) atoms. The Labute approximate surface area is 115 Å². The van der Waals surface area contributed by atoms with Crippen molar-refractivity contribution in [3.63, 3.8) is 0 Å². The fourth-order valence-electron chi connectivity index (χ4n) is 3.13. The lowest BCUT2D eigenvalue weighted by molar-refractivity contribution is 0.360. The molecule has 0 bridgehead atoms. The number of rotatable bonds is 1.